The first-order valence-corrected chi connectivity index (χ1v) is 9.25. The summed E-state index contributed by atoms with van der Waals surface area (Å²) < 4.78 is 0. The summed E-state index contributed by atoms with van der Waals surface area (Å²) in [5.74, 6) is 0. The Bertz CT molecular complexity index is 811. The topological polar surface area (TPSA) is 26.0 Å². The fraction of sp³-hybridized carbons (Fsp3) is 0.280. The smallest absolute Gasteiger partial charge is 0.0314 e. The summed E-state index contributed by atoms with van der Waals surface area (Å²) in [5.41, 5.74) is 13.1. The fourth-order valence-electron chi connectivity index (χ4n) is 3.50. The molecule has 134 valence electrons. The molecule has 0 saturated carbocycles. The molecule has 0 saturated heterocycles. The maximum absolute atomic E-state index is 5.86. The van der Waals surface area contributed by atoms with Gasteiger partial charge in [0, 0.05) is 16.5 Å². The summed E-state index contributed by atoms with van der Waals surface area (Å²) in [6, 6.07) is 26.1. The van der Waals surface area contributed by atoms with Crippen LogP contribution < -0.4 is 5.73 Å². The van der Waals surface area contributed by atoms with Crippen molar-refractivity contribution in [2.45, 2.75) is 45.4 Å². The number of anilines is 1. The number of aryl methyl sites for hydroxylation is 1. The van der Waals surface area contributed by atoms with Crippen LogP contribution in [0.5, 0.6) is 0 Å². The zero-order chi connectivity index (χ0) is 18.9. The molecule has 0 fully saturated rings. The van der Waals surface area contributed by atoms with Crippen molar-refractivity contribution in [1.29, 1.82) is 0 Å². The van der Waals surface area contributed by atoms with Crippen LogP contribution in [0.3, 0.4) is 0 Å². The summed E-state index contributed by atoms with van der Waals surface area (Å²) in [5, 5.41) is 0. The molecular formula is C25H29N. The SMILES string of the molecule is Cc1ccc(C(C)(C)c2cccc(C(C)(C)c3ccc(N)cc3)c2)cc1. The van der Waals surface area contributed by atoms with E-state index in [1.165, 1.54) is 27.8 Å². The first kappa shape index (κ1) is 18.3. The Morgan fingerprint density at radius 1 is 0.577 bits per heavy atom. The van der Waals surface area contributed by atoms with Gasteiger partial charge in [-0.1, -0.05) is 93.9 Å². The predicted molar refractivity (Wildman–Crippen MR) is 113 cm³/mol. The highest BCUT2D eigenvalue weighted by atomic mass is 14.5. The van der Waals surface area contributed by atoms with Crippen LogP contribution in [0, 0.1) is 6.92 Å². The molecule has 3 aromatic rings. The van der Waals surface area contributed by atoms with Crippen LogP contribution >= 0.6 is 0 Å². The maximum Gasteiger partial charge on any atom is 0.0314 e. The van der Waals surface area contributed by atoms with Crippen LogP contribution in [-0.4, -0.2) is 0 Å². The Morgan fingerprint density at radius 2 is 1.00 bits per heavy atom. The Morgan fingerprint density at radius 3 is 1.46 bits per heavy atom. The molecule has 0 atom stereocenters. The molecule has 1 heteroatoms. The third-order valence-electron chi connectivity index (χ3n) is 5.71. The molecule has 26 heavy (non-hydrogen) atoms. The molecule has 0 aliphatic carbocycles. The first-order valence-electron chi connectivity index (χ1n) is 9.25. The van der Waals surface area contributed by atoms with E-state index in [4.69, 9.17) is 5.73 Å². The van der Waals surface area contributed by atoms with E-state index in [1.807, 2.05) is 12.1 Å². The molecule has 0 unspecified atom stereocenters. The number of hydrogen-bond donors (Lipinski definition) is 1. The summed E-state index contributed by atoms with van der Waals surface area (Å²) in [7, 11) is 0. The predicted octanol–water partition coefficient (Wildman–Crippen LogP) is 6.23. The molecule has 3 aromatic carbocycles. The summed E-state index contributed by atoms with van der Waals surface area (Å²) >= 11 is 0. The number of nitrogens with two attached hydrogens (primary N) is 1. The van der Waals surface area contributed by atoms with E-state index in [1.54, 1.807) is 0 Å². The van der Waals surface area contributed by atoms with E-state index in [-0.39, 0.29) is 10.8 Å². The van der Waals surface area contributed by atoms with Gasteiger partial charge in [-0.25, -0.2) is 0 Å². The molecule has 3 rings (SSSR count). The molecule has 0 aliphatic heterocycles. The van der Waals surface area contributed by atoms with Gasteiger partial charge >= 0.3 is 0 Å². The lowest BCUT2D eigenvalue weighted by Gasteiger charge is -2.31. The van der Waals surface area contributed by atoms with Gasteiger partial charge in [0.1, 0.15) is 0 Å². The summed E-state index contributed by atoms with van der Waals surface area (Å²) in [4.78, 5) is 0. The van der Waals surface area contributed by atoms with Crippen LogP contribution in [0.1, 0.15) is 55.5 Å². The van der Waals surface area contributed by atoms with Crippen LogP contribution in [0.2, 0.25) is 0 Å². The highest BCUT2D eigenvalue weighted by Crippen LogP contribution is 2.37. The molecule has 0 bridgehead atoms. The Labute approximate surface area is 157 Å². The lowest BCUT2D eigenvalue weighted by atomic mass is 9.73. The highest BCUT2D eigenvalue weighted by Gasteiger charge is 2.27. The van der Waals surface area contributed by atoms with E-state index >= 15 is 0 Å². The van der Waals surface area contributed by atoms with Crippen molar-refractivity contribution in [3.05, 3.63) is 101 Å². The van der Waals surface area contributed by atoms with Gasteiger partial charge in [0.05, 0.1) is 0 Å². The average molecular weight is 344 g/mol. The minimum Gasteiger partial charge on any atom is -0.399 e. The minimum absolute atomic E-state index is 0.0408. The third kappa shape index (κ3) is 3.39. The Balaban J connectivity index is 2.02. The van der Waals surface area contributed by atoms with Crippen molar-refractivity contribution in [1.82, 2.24) is 0 Å². The van der Waals surface area contributed by atoms with E-state index in [9.17, 15) is 0 Å². The first-order chi connectivity index (χ1) is 12.2. The average Bonchev–Trinajstić information content (AvgIpc) is 2.62. The van der Waals surface area contributed by atoms with Crippen LogP contribution in [0.15, 0.2) is 72.8 Å². The number of benzene rings is 3. The highest BCUT2D eigenvalue weighted by molar-refractivity contribution is 5.47. The molecule has 0 amide bonds. The largest absolute Gasteiger partial charge is 0.399 e. The molecule has 2 N–H and O–H groups in total. The van der Waals surface area contributed by atoms with Gasteiger partial charge in [0.25, 0.3) is 0 Å². The van der Waals surface area contributed by atoms with Crippen molar-refractivity contribution in [2.75, 3.05) is 5.73 Å². The monoisotopic (exact) mass is 343 g/mol. The quantitative estimate of drug-likeness (QED) is 0.558. The van der Waals surface area contributed by atoms with Crippen LogP contribution in [-0.2, 0) is 10.8 Å². The zero-order valence-corrected chi connectivity index (χ0v) is 16.5. The Kier molecular flexibility index (Phi) is 4.66. The molecule has 0 radical (unpaired) electrons. The van der Waals surface area contributed by atoms with E-state index in [0.29, 0.717) is 0 Å². The summed E-state index contributed by atoms with van der Waals surface area (Å²) in [6.45, 7) is 11.3. The molecule has 0 aromatic heterocycles. The van der Waals surface area contributed by atoms with Gasteiger partial charge in [-0.15, -0.1) is 0 Å². The number of nitrogen functional groups attached to an aromatic ring is 1. The second-order valence-electron chi connectivity index (χ2n) is 8.32. The second kappa shape index (κ2) is 6.64. The van der Waals surface area contributed by atoms with Gasteiger partial charge in [0.15, 0.2) is 0 Å². The lowest BCUT2D eigenvalue weighted by Crippen LogP contribution is -2.23. The maximum atomic E-state index is 5.86. The van der Waals surface area contributed by atoms with Gasteiger partial charge in [-0.05, 0) is 41.3 Å². The molecule has 0 heterocycles. The normalized spacial score (nSPS) is 12.2. The van der Waals surface area contributed by atoms with Crippen LogP contribution in [0.4, 0.5) is 5.69 Å². The molecule has 0 aliphatic rings. The minimum atomic E-state index is -0.0763. The van der Waals surface area contributed by atoms with Crippen LogP contribution in [0.25, 0.3) is 0 Å². The zero-order valence-electron chi connectivity index (χ0n) is 16.5. The fourth-order valence-corrected chi connectivity index (χ4v) is 3.50. The van der Waals surface area contributed by atoms with Crippen molar-refractivity contribution < 1.29 is 0 Å². The second-order valence-corrected chi connectivity index (χ2v) is 8.32. The van der Waals surface area contributed by atoms with Crippen molar-refractivity contribution >= 4 is 5.69 Å². The van der Waals surface area contributed by atoms with Crippen molar-refractivity contribution in [3.63, 3.8) is 0 Å². The molecule has 0 spiro atoms. The van der Waals surface area contributed by atoms with Gasteiger partial charge in [-0.3, -0.25) is 0 Å². The number of hydrogen-bond acceptors (Lipinski definition) is 1. The molecule has 1 nitrogen and oxygen atoms in total. The van der Waals surface area contributed by atoms with E-state index in [2.05, 4.69) is 95.3 Å². The van der Waals surface area contributed by atoms with Crippen molar-refractivity contribution in [2.24, 2.45) is 0 Å². The van der Waals surface area contributed by atoms with Crippen molar-refractivity contribution in [3.8, 4) is 0 Å². The number of rotatable bonds is 4. The van der Waals surface area contributed by atoms with Gasteiger partial charge < -0.3 is 5.73 Å². The third-order valence-corrected chi connectivity index (χ3v) is 5.71. The van der Waals surface area contributed by atoms with Gasteiger partial charge in [-0.2, -0.15) is 0 Å². The molecular weight excluding hydrogens is 314 g/mol. The van der Waals surface area contributed by atoms with E-state index in [0.717, 1.165) is 5.69 Å². The van der Waals surface area contributed by atoms with E-state index < -0.39 is 0 Å². The lowest BCUT2D eigenvalue weighted by molar-refractivity contribution is 0.617. The summed E-state index contributed by atoms with van der Waals surface area (Å²) in [6.07, 6.45) is 0. The standard InChI is InChI=1S/C25H29N/c1-18-9-11-19(12-10-18)24(2,3)21-7-6-8-22(17-21)25(4,5)20-13-15-23(26)16-14-20/h6-17H,26H2,1-5H3. The Hall–Kier alpha value is -2.54. The van der Waals surface area contributed by atoms with Gasteiger partial charge in [0.2, 0.25) is 0 Å².